The van der Waals surface area contributed by atoms with Gasteiger partial charge in [0, 0.05) is 37.6 Å². The van der Waals surface area contributed by atoms with Gasteiger partial charge in [-0.2, -0.15) is 0 Å². The SMILES string of the molecule is CN(C)CCN(CC(=O)OC(C)(C)C)C(=O)CS(=O)(=O)Nc1ccc(N2CCCCC2)cc1. The van der Waals surface area contributed by atoms with Crippen LogP contribution in [0.15, 0.2) is 24.3 Å². The molecule has 0 unspecified atom stereocenters. The molecule has 0 saturated carbocycles. The largest absolute Gasteiger partial charge is 0.459 e. The van der Waals surface area contributed by atoms with Crippen molar-refractivity contribution < 1.29 is 22.7 Å². The van der Waals surface area contributed by atoms with Gasteiger partial charge < -0.3 is 19.4 Å². The van der Waals surface area contributed by atoms with Crippen LogP contribution in [0.2, 0.25) is 0 Å². The number of carbonyl (C=O) groups is 2. The molecule has 0 atom stereocenters. The second kappa shape index (κ2) is 11.7. The number of amides is 1. The molecule has 1 fully saturated rings. The van der Waals surface area contributed by atoms with E-state index in [0.29, 0.717) is 12.2 Å². The number of benzene rings is 1. The summed E-state index contributed by atoms with van der Waals surface area (Å²) in [6.45, 7) is 7.61. The molecule has 1 N–H and O–H groups in total. The topological polar surface area (TPSA) is 99.3 Å². The number of anilines is 2. The molecule has 186 valence electrons. The summed E-state index contributed by atoms with van der Waals surface area (Å²) in [6, 6.07) is 7.18. The number of hydrogen-bond acceptors (Lipinski definition) is 7. The molecule has 10 heteroatoms. The van der Waals surface area contributed by atoms with E-state index in [1.54, 1.807) is 32.9 Å². The van der Waals surface area contributed by atoms with E-state index in [2.05, 4.69) is 9.62 Å². The van der Waals surface area contributed by atoms with Crippen molar-refractivity contribution >= 4 is 33.3 Å². The molecule has 0 bridgehead atoms. The number of nitrogens with one attached hydrogen (secondary N) is 1. The average molecular weight is 483 g/mol. The fourth-order valence-corrected chi connectivity index (χ4v) is 4.58. The van der Waals surface area contributed by atoms with Crippen molar-refractivity contribution in [3.05, 3.63) is 24.3 Å². The van der Waals surface area contributed by atoms with Crippen LogP contribution in [-0.2, 0) is 24.3 Å². The number of hydrogen-bond donors (Lipinski definition) is 1. The lowest BCUT2D eigenvalue weighted by Crippen LogP contribution is -2.44. The van der Waals surface area contributed by atoms with Gasteiger partial charge in [0.25, 0.3) is 0 Å². The van der Waals surface area contributed by atoms with Crippen LogP contribution in [0.1, 0.15) is 40.0 Å². The van der Waals surface area contributed by atoms with Gasteiger partial charge in [-0.05, 0) is 78.4 Å². The molecule has 1 aliphatic rings. The van der Waals surface area contributed by atoms with Gasteiger partial charge in [0.2, 0.25) is 15.9 Å². The zero-order valence-corrected chi connectivity index (χ0v) is 21.3. The molecule has 0 radical (unpaired) electrons. The molecular formula is C23H38N4O5S. The van der Waals surface area contributed by atoms with E-state index in [0.717, 1.165) is 31.6 Å². The molecule has 1 saturated heterocycles. The maximum absolute atomic E-state index is 12.8. The lowest BCUT2D eigenvalue weighted by Gasteiger charge is -2.29. The summed E-state index contributed by atoms with van der Waals surface area (Å²) < 4.78 is 33.1. The van der Waals surface area contributed by atoms with Gasteiger partial charge in [-0.3, -0.25) is 14.3 Å². The summed E-state index contributed by atoms with van der Waals surface area (Å²) in [5.41, 5.74) is 0.762. The molecule has 1 amide bonds. The highest BCUT2D eigenvalue weighted by atomic mass is 32.2. The van der Waals surface area contributed by atoms with E-state index in [1.165, 1.54) is 11.3 Å². The summed E-state index contributed by atoms with van der Waals surface area (Å²) in [4.78, 5) is 30.4. The third kappa shape index (κ3) is 10.00. The summed E-state index contributed by atoms with van der Waals surface area (Å²) in [7, 11) is -0.276. The Morgan fingerprint density at radius 3 is 2.18 bits per heavy atom. The minimum Gasteiger partial charge on any atom is -0.459 e. The number of nitrogens with zero attached hydrogens (tertiary/aromatic N) is 3. The van der Waals surface area contributed by atoms with Crippen molar-refractivity contribution in [2.75, 3.05) is 62.2 Å². The first-order valence-electron chi connectivity index (χ1n) is 11.3. The van der Waals surface area contributed by atoms with E-state index in [4.69, 9.17) is 4.74 Å². The lowest BCUT2D eigenvalue weighted by molar-refractivity contribution is -0.158. The van der Waals surface area contributed by atoms with Crippen LogP contribution in [0.5, 0.6) is 0 Å². The molecule has 0 aliphatic carbocycles. The summed E-state index contributed by atoms with van der Waals surface area (Å²) >= 11 is 0. The number of piperidine rings is 1. The van der Waals surface area contributed by atoms with Crippen LogP contribution in [0, 0.1) is 0 Å². The van der Waals surface area contributed by atoms with Gasteiger partial charge in [0.1, 0.15) is 17.9 Å². The summed E-state index contributed by atoms with van der Waals surface area (Å²) in [5, 5.41) is 0. The number of esters is 1. The quantitative estimate of drug-likeness (QED) is 0.510. The molecule has 0 aromatic heterocycles. The van der Waals surface area contributed by atoms with Crippen molar-refractivity contribution in [1.29, 1.82) is 0 Å². The highest BCUT2D eigenvalue weighted by Crippen LogP contribution is 2.22. The van der Waals surface area contributed by atoms with E-state index in [-0.39, 0.29) is 13.1 Å². The Balaban J connectivity index is 2.01. The first kappa shape index (κ1) is 26.9. The van der Waals surface area contributed by atoms with Crippen LogP contribution < -0.4 is 9.62 Å². The smallest absolute Gasteiger partial charge is 0.326 e. The van der Waals surface area contributed by atoms with Crippen LogP contribution in [0.3, 0.4) is 0 Å². The van der Waals surface area contributed by atoms with Crippen LogP contribution in [0.25, 0.3) is 0 Å². The van der Waals surface area contributed by atoms with Crippen molar-refractivity contribution in [3.63, 3.8) is 0 Å². The van der Waals surface area contributed by atoms with Gasteiger partial charge in [-0.15, -0.1) is 0 Å². The van der Waals surface area contributed by atoms with E-state index < -0.39 is 33.3 Å². The van der Waals surface area contributed by atoms with Crippen molar-refractivity contribution in [1.82, 2.24) is 9.80 Å². The zero-order chi connectivity index (χ0) is 24.6. The Hall–Kier alpha value is -2.33. The fraction of sp³-hybridized carbons (Fsp3) is 0.652. The maximum Gasteiger partial charge on any atom is 0.326 e. The molecule has 1 aromatic rings. The number of ether oxygens (including phenoxy) is 1. The summed E-state index contributed by atoms with van der Waals surface area (Å²) in [6.07, 6.45) is 3.55. The Bertz CT molecular complexity index is 888. The maximum atomic E-state index is 12.8. The molecule has 1 heterocycles. The first-order chi connectivity index (χ1) is 15.3. The van der Waals surface area contributed by atoms with Gasteiger partial charge in [-0.1, -0.05) is 0 Å². The zero-order valence-electron chi connectivity index (χ0n) is 20.5. The number of rotatable bonds is 10. The van der Waals surface area contributed by atoms with E-state index >= 15 is 0 Å². The van der Waals surface area contributed by atoms with Crippen LogP contribution >= 0.6 is 0 Å². The van der Waals surface area contributed by atoms with E-state index in [1.807, 2.05) is 31.1 Å². The molecule has 33 heavy (non-hydrogen) atoms. The van der Waals surface area contributed by atoms with Crippen molar-refractivity contribution in [2.45, 2.75) is 45.6 Å². The molecule has 1 aromatic carbocycles. The van der Waals surface area contributed by atoms with Gasteiger partial charge >= 0.3 is 5.97 Å². The Kier molecular flexibility index (Phi) is 9.54. The van der Waals surface area contributed by atoms with Crippen molar-refractivity contribution in [2.24, 2.45) is 0 Å². The third-order valence-electron chi connectivity index (χ3n) is 5.09. The standard InChI is InChI=1S/C23H38N4O5S/c1-23(2,3)32-22(29)17-27(16-15-25(4)5)21(28)18-33(30,31)24-19-9-11-20(12-10-19)26-13-7-6-8-14-26/h9-12,24H,6-8,13-18H2,1-5H3. The van der Waals surface area contributed by atoms with Gasteiger partial charge in [0.05, 0.1) is 0 Å². The Morgan fingerprint density at radius 1 is 1.03 bits per heavy atom. The molecule has 2 rings (SSSR count). The number of sulfonamides is 1. The number of carbonyl (C=O) groups excluding carboxylic acids is 2. The molecular weight excluding hydrogens is 444 g/mol. The van der Waals surface area contributed by atoms with Gasteiger partial charge in [-0.25, -0.2) is 8.42 Å². The molecule has 9 nitrogen and oxygen atoms in total. The average Bonchev–Trinajstić information content (AvgIpc) is 2.70. The highest BCUT2D eigenvalue weighted by molar-refractivity contribution is 7.93. The van der Waals surface area contributed by atoms with Crippen molar-refractivity contribution in [3.8, 4) is 0 Å². The minimum absolute atomic E-state index is 0.213. The van der Waals surface area contributed by atoms with Crippen LogP contribution in [-0.4, -0.2) is 88.3 Å². The number of likely N-dealkylation sites (N-methyl/N-ethyl adjacent to an activating group) is 1. The normalized spacial score (nSPS) is 14.8. The summed E-state index contributed by atoms with van der Waals surface area (Å²) in [5.74, 6) is -1.98. The van der Waals surface area contributed by atoms with Crippen LogP contribution in [0.4, 0.5) is 11.4 Å². The van der Waals surface area contributed by atoms with E-state index in [9.17, 15) is 18.0 Å². The third-order valence-corrected chi connectivity index (χ3v) is 6.26. The second-order valence-corrected chi connectivity index (χ2v) is 11.4. The lowest BCUT2D eigenvalue weighted by atomic mass is 10.1. The Labute approximate surface area is 198 Å². The molecule has 0 spiro atoms. The first-order valence-corrected chi connectivity index (χ1v) is 13.0. The van der Waals surface area contributed by atoms with Gasteiger partial charge in [0.15, 0.2) is 0 Å². The predicted octanol–water partition coefficient (Wildman–Crippen LogP) is 2.15. The molecule has 1 aliphatic heterocycles. The second-order valence-electron chi connectivity index (χ2n) is 9.66. The minimum atomic E-state index is -3.95. The Morgan fingerprint density at radius 2 is 1.64 bits per heavy atom. The predicted molar refractivity (Wildman–Crippen MR) is 131 cm³/mol. The fourth-order valence-electron chi connectivity index (χ4n) is 3.50. The highest BCUT2D eigenvalue weighted by Gasteiger charge is 2.26. The monoisotopic (exact) mass is 482 g/mol.